The second kappa shape index (κ2) is 15.1. The fraction of sp³-hybridized carbons (Fsp3) is 0.417. The third-order valence-electron chi connectivity index (χ3n) is 4.55. The summed E-state index contributed by atoms with van der Waals surface area (Å²) in [5.41, 5.74) is 1.56. The number of rotatable bonds is 15. The van der Waals surface area contributed by atoms with Crippen LogP contribution in [0.2, 0.25) is 0 Å². The van der Waals surface area contributed by atoms with E-state index in [2.05, 4.69) is 15.5 Å². The molecule has 0 aromatic heterocycles. The molecule has 0 aliphatic rings. The Hall–Kier alpha value is -2.74. The number of para-hydroxylation sites is 2. The fourth-order valence-electron chi connectivity index (χ4n) is 2.90. The van der Waals surface area contributed by atoms with Crippen molar-refractivity contribution in [2.45, 2.75) is 19.8 Å². The normalized spacial score (nSPS) is 10.8. The first-order valence-electron chi connectivity index (χ1n) is 10.7. The fourth-order valence-corrected chi connectivity index (χ4v) is 2.90. The highest BCUT2D eigenvalue weighted by atomic mass is 16.5. The summed E-state index contributed by atoms with van der Waals surface area (Å²) in [5, 5.41) is 5.79. The maximum atomic E-state index is 12.3. The quantitative estimate of drug-likeness (QED) is 0.426. The smallest absolute Gasteiger partial charge is 0.225 e. The van der Waals surface area contributed by atoms with Gasteiger partial charge in [-0.2, -0.15) is 0 Å². The molecule has 0 bridgehead atoms. The van der Waals surface area contributed by atoms with Crippen molar-refractivity contribution in [2.24, 2.45) is 0 Å². The minimum Gasteiger partial charge on any atom is -0.379 e. The Morgan fingerprint density at radius 2 is 1.19 bits per heavy atom. The lowest BCUT2D eigenvalue weighted by atomic mass is 10.2. The lowest BCUT2D eigenvalue weighted by Crippen LogP contribution is -2.34. The van der Waals surface area contributed by atoms with E-state index in [1.165, 1.54) is 0 Å². The topological polar surface area (TPSA) is 79.9 Å². The molecule has 0 spiro atoms. The van der Waals surface area contributed by atoms with Gasteiger partial charge in [-0.15, -0.1) is 0 Å². The first-order chi connectivity index (χ1) is 15.2. The highest BCUT2D eigenvalue weighted by molar-refractivity contribution is 5.91. The maximum absolute atomic E-state index is 12.3. The lowest BCUT2D eigenvalue weighted by Gasteiger charge is -2.22. The third kappa shape index (κ3) is 11.3. The van der Waals surface area contributed by atoms with Crippen molar-refractivity contribution < 1.29 is 19.1 Å². The molecule has 2 rings (SSSR count). The Labute approximate surface area is 184 Å². The lowest BCUT2D eigenvalue weighted by molar-refractivity contribution is -0.116. The summed E-state index contributed by atoms with van der Waals surface area (Å²) < 4.78 is 10.9. The van der Waals surface area contributed by atoms with Crippen LogP contribution in [-0.2, 0) is 19.1 Å². The van der Waals surface area contributed by atoms with Crippen molar-refractivity contribution >= 4 is 23.2 Å². The standard InChI is InChI=1S/C24H33N3O4/c1-2-30-19-20-31-18-17-27(15-13-23(28)25-21-9-5-3-6-10-21)16-14-24(29)26-22-11-7-4-8-12-22/h3-12H,2,13-20H2,1H3,(H,25,28)(H,26,29). The number of hydrogen-bond donors (Lipinski definition) is 2. The Bertz CT molecular complexity index is 698. The monoisotopic (exact) mass is 427 g/mol. The molecule has 0 aliphatic heterocycles. The van der Waals surface area contributed by atoms with E-state index >= 15 is 0 Å². The predicted molar refractivity (Wildman–Crippen MR) is 123 cm³/mol. The summed E-state index contributed by atoms with van der Waals surface area (Å²) in [6, 6.07) is 18.8. The third-order valence-corrected chi connectivity index (χ3v) is 4.55. The summed E-state index contributed by atoms with van der Waals surface area (Å²) >= 11 is 0. The molecule has 0 saturated heterocycles. The summed E-state index contributed by atoms with van der Waals surface area (Å²) in [7, 11) is 0. The highest BCUT2D eigenvalue weighted by Gasteiger charge is 2.11. The minimum atomic E-state index is -0.0535. The van der Waals surface area contributed by atoms with E-state index in [0.29, 0.717) is 58.9 Å². The van der Waals surface area contributed by atoms with Gasteiger partial charge in [-0.3, -0.25) is 9.59 Å². The Balaban J connectivity index is 1.77. The summed E-state index contributed by atoms with van der Waals surface area (Å²) in [4.78, 5) is 26.6. The van der Waals surface area contributed by atoms with Gasteiger partial charge in [0.1, 0.15) is 0 Å². The van der Waals surface area contributed by atoms with E-state index in [0.717, 1.165) is 11.4 Å². The molecule has 31 heavy (non-hydrogen) atoms. The average Bonchev–Trinajstić information content (AvgIpc) is 2.78. The Kier molecular flexibility index (Phi) is 12.0. The second-order valence-corrected chi connectivity index (χ2v) is 6.98. The second-order valence-electron chi connectivity index (χ2n) is 6.98. The molecule has 2 N–H and O–H groups in total. The van der Waals surface area contributed by atoms with Gasteiger partial charge < -0.3 is 25.0 Å². The average molecular weight is 428 g/mol. The van der Waals surface area contributed by atoms with E-state index in [-0.39, 0.29) is 11.8 Å². The Morgan fingerprint density at radius 3 is 1.68 bits per heavy atom. The van der Waals surface area contributed by atoms with Crippen LogP contribution in [0.5, 0.6) is 0 Å². The van der Waals surface area contributed by atoms with Crippen molar-refractivity contribution in [2.75, 3.05) is 56.7 Å². The molecule has 0 aliphatic carbocycles. The van der Waals surface area contributed by atoms with Crippen molar-refractivity contribution in [3.05, 3.63) is 60.7 Å². The van der Waals surface area contributed by atoms with Crippen molar-refractivity contribution in [1.29, 1.82) is 0 Å². The number of ether oxygens (including phenoxy) is 2. The van der Waals surface area contributed by atoms with Gasteiger partial charge in [0.15, 0.2) is 0 Å². The maximum Gasteiger partial charge on any atom is 0.225 e. The summed E-state index contributed by atoms with van der Waals surface area (Å²) in [6.45, 7) is 5.97. The van der Waals surface area contributed by atoms with Gasteiger partial charge in [0.25, 0.3) is 0 Å². The number of carbonyl (C=O) groups is 2. The molecule has 2 amide bonds. The van der Waals surface area contributed by atoms with Crippen LogP contribution in [0.1, 0.15) is 19.8 Å². The van der Waals surface area contributed by atoms with Gasteiger partial charge >= 0.3 is 0 Å². The molecule has 7 nitrogen and oxygen atoms in total. The van der Waals surface area contributed by atoms with Gasteiger partial charge in [0, 0.05) is 50.5 Å². The molecule has 0 saturated carbocycles. The number of carbonyl (C=O) groups excluding carboxylic acids is 2. The van der Waals surface area contributed by atoms with E-state index in [4.69, 9.17) is 9.47 Å². The molecule has 168 valence electrons. The summed E-state index contributed by atoms with van der Waals surface area (Å²) in [5.74, 6) is -0.107. The van der Waals surface area contributed by atoms with Crippen LogP contribution < -0.4 is 10.6 Å². The van der Waals surface area contributed by atoms with Gasteiger partial charge in [-0.1, -0.05) is 36.4 Å². The van der Waals surface area contributed by atoms with E-state index in [9.17, 15) is 9.59 Å². The van der Waals surface area contributed by atoms with Crippen LogP contribution in [0, 0.1) is 0 Å². The number of anilines is 2. The first kappa shape index (κ1) is 24.5. The highest BCUT2D eigenvalue weighted by Crippen LogP contribution is 2.07. The molecule has 7 heteroatoms. The van der Waals surface area contributed by atoms with E-state index < -0.39 is 0 Å². The Morgan fingerprint density at radius 1 is 0.710 bits per heavy atom. The van der Waals surface area contributed by atoms with E-state index in [1.54, 1.807) is 0 Å². The predicted octanol–water partition coefficient (Wildman–Crippen LogP) is 3.40. The zero-order valence-corrected chi connectivity index (χ0v) is 18.2. The van der Waals surface area contributed by atoms with Gasteiger partial charge in [0.05, 0.1) is 19.8 Å². The largest absolute Gasteiger partial charge is 0.379 e. The van der Waals surface area contributed by atoms with Crippen molar-refractivity contribution in [3.63, 3.8) is 0 Å². The van der Waals surface area contributed by atoms with Crippen LogP contribution in [-0.4, -0.2) is 62.8 Å². The molecular formula is C24H33N3O4. The van der Waals surface area contributed by atoms with Crippen molar-refractivity contribution in [1.82, 2.24) is 4.90 Å². The molecule has 0 atom stereocenters. The SMILES string of the molecule is CCOCCOCCN(CCC(=O)Nc1ccccc1)CCC(=O)Nc1ccccc1. The molecule has 0 radical (unpaired) electrons. The van der Waals surface area contributed by atoms with Crippen LogP contribution in [0.4, 0.5) is 11.4 Å². The van der Waals surface area contributed by atoms with Crippen LogP contribution in [0.3, 0.4) is 0 Å². The van der Waals surface area contributed by atoms with Crippen LogP contribution in [0.15, 0.2) is 60.7 Å². The molecule has 2 aromatic carbocycles. The molecule has 0 unspecified atom stereocenters. The first-order valence-corrected chi connectivity index (χ1v) is 10.7. The van der Waals surface area contributed by atoms with Gasteiger partial charge in [-0.25, -0.2) is 0 Å². The van der Waals surface area contributed by atoms with Crippen LogP contribution in [0.25, 0.3) is 0 Å². The van der Waals surface area contributed by atoms with Gasteiger partial charge in [-0.05, 0) is 31.2 Å². The number of benzene rings is 2. The number of nitrogens with one attached hydrogen (secondary N) is 2. The zero-order valence-electron chi connectivity index (χ0n) is 18.2. The van der Waals surface area contributed by atoms with E-state index in [1.807, 2.05) is 67.6 Å². The molecule has 0 heterocycles. The number of amides is 2. The number of hydrogen-bond acceptors (Lipinski definition) is 5. The minimum absolute atomic E-state index is 0.0535. The van der Waals surface area contributed by atoms with Crippen LogP contribution >= 0.6 is 0 Å². The summed E-state index contributed by atoms with van der Waals surface area (Å²) in [6.07, 6.45) is 0.683. The molecular weight excluding hydrogens is 394 g/mol. The number of nitrogens with zero attached hydrogens (tertiary/aromatic N) is 1. The molecule has 2 aromatic rings. The zero-order chi connectivity index (χ0) is 22.2. The van der Waals surface area contributed by atoms with Crippen molar-refractivity contribution in [3.8, 4) is 0 Å². The van der Waals surface area contributed by atoms with Gasteiger partial charge in [0.2, 0.25) is 11.8 Å². The molecule has 0 fully saturated rings.